The van der Waals surface area contributed by atoms with Gasteiger partial charge in [0.2, 0.25) is 0 Å². The smallest absolute Gasteiger partial charge is 1.00 e. The van der Waals surface area contributed by atoms with E-state index >= 15 is 0 Å². The standard InChI is InChI=1S/C23H32O3.Li.H/c1-2-3-4-5-6-7-8-9-10-11-12-13-18-21-22(26-21)19-16-14-15-17-20(19)23(24)25;;/h11-18,21-22H,2-10H2,1H3,(H,24,25);;/q;+1;-1/b12-11+,18-13+;;. The van der Waals surface area contributed by atoms with Gasteiger partial charge in [-0.15, -0.1) is 0 Å². The molecule has 1 N–H and O–H groups in total. The van der Waals surface area contributed by atoms with Crippen LogP contribution in [0.4, 0.5) is 0 Å². The van der Waals surface area contributed by atoms with E-state index in [4.69, 9.17) is 4.74 Å². The van der Waals surface area contributed by atoms with Crippen molar-refractivity contribution in [3.8, 4) is 0 Å². The second kappa shape index (κ2) is 13.8. The molecule has 2 unspecified atom stereocenters. The Balaban J connectivity index is 0.00000364. The number of aromatic carboxylic acids is 1. The van der Waals surface area contributed by atoms with Crippen LogP contribution in [0.3, 0.4) is 0 Å². The molecule has 0 aromatic heterocycles. The Kier molecular flexibility index (Phi) is 12.2. The zero-order valence-corrected chi connectivity index (χ0v) is 16.9. The van der Waals surface area contributed by atoms with Crippen LogP contribution < -0.4 is 18.9 Å². The average molecular weight is 364 g/mol. The molecule has 2 rings (SSSR count). The molecule has 4 heteroatoms. The monoisotopic (exact) mass is 364 g/mol. The molecule has 0 aliphatic carbocycles. The molecule has 1 aliphatic heterocycles. The van der Waals surface area contributed by atoms with Crippen LogP contribution in [-0.2, 0) is 4.74 Å². The van der Waals surface area contributed by atoms with Crippen LogP contribution in [0.15, 0.2) is 48.6 Å². The average Bonchev–Trinajstić information content (AvgIpc) is 3.42. The molecule has 1 aromatic carbocycles. The van der Waals surface area contributed by atoms with Gasteiger partial charge in [0.25, 0.3) is 0 Å². The van der Waals surface area contributed by atoms with Crippen LogP contribution in [0, 0.1) is 0 Å². The Morgan fingerprint density at radius 3 is 2.44 bits per heavy atom. The minimum absolute atomic E-state index is 0. The summed E-state index contributed by atoms with van der Waals surface area (Å²) in [6.07, 6.45) is 20.1. The minimum atomic E-state index is -0.899. The zero-order valence-electron chi connectivity index (χ0n) is 17.9. The maximum atomic E-state index is 11.2. The molecule has 1 saturated heterocycles. The number of epoxide rings is 1. The molecular weight excluding hydrogens is 331 g/mol. The fourth-order valence-corrected chi connectivity index (χ4v) is 3.20. The van der Waals surface area contributed by atoms with Crippen molar-refractivity contribution in [3.63, 3.8) is 0 Å². The Morgan fingerprint density at radius 2 is 1.74 bits per heavy atom. The minimum Gasteiger partial charge on any atom is -1.00 e. The summed E-state index contributed by atoms with van der Waals surface area (Å²) in [5.41, 5.74) is 1.09. The maximum Gasteiger partial charge on any atom is 1.00 e. The molecule has 27 heavy (non-hydrogen) atoms. The van der Waals surface area contributed by atoms with E-state index in [9.17, 15) is 9.90 Å². The molecule has 1 fully saturated rings. The SMILES string of the molecule is CCCCCCCCCC/C=C/C=C/C1OC1c1ccccc1C(=O)O.[H-].[Li+]. The molecule has 0 amide bonds. The summed E-state index contributed by atoms with van der Waals surface area (Å²) in [6.45, 7) is 2.26. The third-order valence-corrected chi connectivity index (χ3v) is 4.80. The first kappa shape index (κ1) is 23.8. The molecule has 2 atom stereocenters. The van der Waals surface area contributed by atoms with Crippen molar-refractivity contribution in [2.75, 3.05) is 0 Å². The van der Waals surface area contributed by atoms with Gasteiger partial charge < -0.3 is 11.3 Å². The summed E-state index contributed by atoms with van der Waals surface area (Å²) in [5, 5.41) is 9.23. The van der Waals surface area contributed by atoms with E-state index in [2.05, 4.69) is 19.1 Å². The first-order valence-corrected chi connectivity index (χ1v) is 10.0. The number of benzene rings is 1. The van der Waals surface area contributed by atoms with E-state index in [0.717, 1.165) is 12.0 Å². The number of ether oxygens (including phenoxy) is 1. The van der Waals surface area contributed by atoms with E-state index in [-0.39, 0.29) is 32.5 Å². The number of carboxylic acid groups (broad SMARTS) is 1. The van der Waals surface area contributed by atoms with Crippen LogP contribution >= 0.6 is 0 Å². The molecule has 0 saturated carbocycles. The Morgan fingerprint density at radius 1 is 1.07 bits per heavy atom. The van der Waals surface area contributed by atoms with Crippen LogP contribution in [0.25, 0.3) is 0 Å². The topological polar surface area (TPSA) is 49.8 Å². The summed E-state index contributed by atoms with van der Waals surface area (Å²) in [4.78, 5) is 11.2. The summed E-state index contributed by atoms with van der Waals surface area (Å²) >= 11 is 0. The molecule has 0 bridgehead atoms. The summed E-state index contributed by atoms with van der Waals surface area (Å²) in [5.74, 6) is -0.899. The molecule has 0 spiro atoms. The fourth-order valence-electron chi connectivity index (χ4n) is 3.20. The van der Waals surface area contributed by atoms with Gasteiger partial charge in [0, 0.05) is 0 Å². The largest absolute Gasteiger partial charge is 1.00 e. The van der Waals surface area contributed by atoms with Gasteiger partial charge in [-0.1, -0.05) is 94.4 Å². The predicted molar refractivity (Wildman–Crippen MR) is 108 cm³/mol. The van der Waals surface area contributed by atoms with Crippen molar-refractivity contribution in [3.05, 3.63) is 59.7 Å². The Bertz CT molecular complexity index is 616. The number of hydrogen-bond donors (Lipinski definition) is 1. The van der Waals surface area contributed by atoms with Crippen molar-refractivity contribution in [2.45, 2.75) is 76.9 Å². The summed E-state index contributed by atoms with van der Waals surface area (Å²) in [6, 6.07) is 7.06. The van der Waals surface area contributed by atoms with Gasteiger partial charge in [0.05, 0.1) is 5.56 Å². The Hall–Kier alpha value is -1.27. The van der Waals surface area contributed by atoms with Gasteiger partial charge in [0.1, 0.15) is 12.2 Å². The second-order valence-electron chi connectivity index (χ2n) is 6.99. The maximum absolute atomic E-state index is 11.2. The molecule has 144 valence electrons. The van der Waals surface area contributed by atoms with Crippen LogP contribution in [0.2, 0.25) is 0 Å². The van der Waals surface area contributed by atoms with Gasteiger partial charge in [-0.25, -0.2) is 4.79 Å². The van der Waals surface area contributed by atoms with Crippen molar-refractivity contribution in [2.24, 2.45) is 0 Å². The summed E-state index contributed by atoms with van der Waals surface area (Å²) in [7, 11) is 0. The normalized spacial score (nSPS) is 18.7. The molecule has 1 aromatic rings. The van der Waals surface area contributed by atoms with E-state index in [1.807, 2.05) is 24.3 Å². The van der Waals surface area contributed by atoms with E-state index < -0.39 is 5.97 Å². The van der Waals surface area contributed by atoms with Crippen molar-refractivity contribution < 1.29 is 34.9 Å². The predicted octanol–water partition coefficient (Wildman–Crippen LogP) is 3.58. The first-order chi connectivity index (χ1) is 12.7. The van der Waals surface area contributed by atoms with Gasteiger partial charge in [-0.2, -0.15) is 0 Å². The number of hydrogen-bond acceptors (Lipinski definition) is 2. The first-order valence-electron chi connectivity index (χ1n) is 10.0. The third-order valence-electron chi connectivity index (χ3n) is 4.80. The number of unbranched alkanes of at least 4 members (excludes halogenated alkanes) is 8. The quantitative estimate of drug-likeness (QED) is 0.252. The molecule has 1 heterocycles. The molecule has 1 aliphatic rings. The van der Waals surface area contributed by atoms with Crippen LogP contribution in [0.1, 0.15) is 88.2 Å². The summed E-state index contributed by atoms with van der Waals surface area (Å²) < 4.78 is 5.61. The van der Waals surface area contributed by atoms with Crippen molar-refractivity contribution >= 4 is 5.97 Å². The van der Waals surface area contributed by atoms with Gasteiger partial charge in [-0.3, -0.25) is 0 Å². The van der Waals surface area contributed by atoms with E-state index in [1.165, 1.54) is 51.4 Å². The molecule has 3 nitrogen and oxygen atoms in total. The van der Waals surface area contributed by atoms with Crippen LogP contribution in [0.5, 0.6) is 0 Å². The molecule has 0 radical (unpaired) electrons. The van der Waals surface area contributed by atoms with Gasteiger partial charge in [-0.05, 0) is 24.5 Å². The zero-order chi connectivity index (χ0) is 18.6. The van der Waals surface area contributed by atoms with Gasteiger partial charge >= 0.3 is 24.8 Å². The van der Waals surface area contributed by atoms with Crippen molar-refractivity contribution in [1.82, 2.24) is 0 Å². The van der Waals surface area contributed by atoms with Crippen molar-refractivity contribution in [1.29, 1.82) is 0 Å². The van der Waals surface area contributed by atoms with E-state index in [0.29, 0.717) is 5.56 Å². The van der Waals surface area contributed by atoms with E-state index in [1.54, 1.807) is 12.1 Å². The van der Waals surface area contributed by atoms with Gasteiger partial charge in [0.15, 0.2) is 0 Å². The van der Waals surface area contributed by atoms with Crippen LogP contribution in [-0.4, -0.2) is 17.2 Å². The number of carbonyl (C=O) groups is 1. The second-order valence-corrected chi connectivity index (χ2v) is 6.99. The fraction of sp³-hybridized carbons (Fsp3) is 0.522. The third kappa shape index (κ3) is 8.97. The number of carboxylic acids is 1. The number of allylic oxidation sites excluding steroid dienone is 3. The Labute approximate surface area is 177 Å². The number of rotatable bonds is 13. The molecular formula is C23H33LiO3.